The molecule has 0 saturated heterocycles. The molecular formula is C17H27NO3. The molecule has 1 aromatic rings. The normalized spacial score (nSPS) is 17.5. The van der Waals surface area contributed by atoms with Gasteiger partial charge in [-0.1, -0.05) is 19.3 Å². The van der Waals surface area contributed by atoms with Crippen molar-refractivity contribution in [2.45, 2.75) is 44.1 Å². The molecule has 4 nitrogen and oxygen atoms in total. The topological polar surface area (TPSA) is 53.7 Å². The van der Waals surface area contributed by atoms with Gasteiger partial charge in [-0.25, -0.2) is 0 Å². The first-order valence-electron chi connectivity index (χ1n) is 7.65. The highest BCUT2D eigenvalue weighted by molar-refractivity contribution is 5.51. The Bertz CT molecular complexity index is 467. The summed E-state index contributed by atoms with van der Waals surface area (Å²) in [5.41, 5.74) is 8.38. The highest BCUT2D eigenvalue weighted by atomic mass is 16.5. The van der Waals surface area contributed by atoms with Crippen LogP contribution < -0.4 is 15.2 Å². The summed E-state index contributed by atoms with van der Waals surface area (Å²) < 4.78 is 16.5. The van der Waals surface area contributed by atoms with Crippen LogP contribution >= 0.6 is 0 Å². The van der Waals surface area contributed by atoms with Crippen LogP contribution in [-0.2, 0) is 16.8 Å². The van der Waals surface area contributed by atoms with E-state index in [4.69, 9.17) is 19.9 Å². The lowest BCUT2D eigenvalue weighted by Crippen LogP contribution is -2.37. The van der Waals surface area contributed by atoms with Gasteiger partial charge in [0.15, 0.2) is 0 Å². The molecule has 1 saturated carbocycles. The van der Waals surface area contributed by atoms with Crippen LogP contribution in [0.4, 0.5) is 0 Å². The number of nitrogens with two attached hydrogens (primary N) is 1. The van der Waals surface area contributed by atoms with Gasteiger partial charge in [0.25, 0.3) is 0 Å². The van der Waals surface area contributed by atoms with Gasteiger partial charge in [0.1, 0.15) is 11.5 Å². The molecule has 1 aromatic carbocycles. The number of hydrogen-bond acceptors (Lipinski definition) is 4. The van der Waals surface area contributed by atoms with E-state index in [9.17, 15) is 0 Å². The van der Waals surface area contributed by atoms with Crippen LogP contribution in [0.25, 0.3) is 0 Å². The predicted molar refractivity (Wildman–Crippen MR) is 84.1 cm³/mol. The minimum absolute atomic E-state index is 0.000620. The van der Waals surface area contributed by atoms with Crippen molar-refractivity contribution in [3.05, 3.63) is 23.3 Å². The molecule has 2 rings (SSSR count). The number of benzene rings is 1. The fraction of sp³-hybridized carbons (Fsp3) is 0.647. The van der Waals surface area contributed by atoms with Gasteiger partial charge in [0.2, 0.25) is 0 Å². The van der Waals surface area contributed by atoms with Gasteiger partial charge >= 0.3 is 0 Å². The van der Waals surface area contributed by atoms with Crippen LogP contribution in [0.3, 0.4) is 0 Å². The monoisotopic (exact) mass is 293 g/mol. The number of methoxy groups -OCH3 is 3. The van der Waals surface area contributed by atoms with Crippen LogP contribution in [0.5, 0.6) is 11.5 Å². The van der Waals surface area contributed by atoms with Gasteiger partial charge in [-0.3, -0.25) is 0 Å². The Morgan fingerprint density at radius 3 is 2.29 bits per heavy atom. The molecule has 1 aliphatic carbocycles. The maximum atomic E-state index is 6.18. The maximum absolute atomic E-state index is 6.18. The Hall–Kier alpha value is -1.26. The number of ether oxygens (including phenoxy) is 3. The minimum atomic E-state index is 0.000620. The summed E-state index contributed by atoms with van der Waals surface area (Å²) in [6, 6.07) is 4.08. The van der Waals surface area contributed by atoms with Crippen LogP contribution in [0.2, 0.25) is 0 Å². The molecule has 1 fully saturated rings. The summed E-state index contributed by atoms with van der Waals surface area (Å²) >= 11 is 0. The maximum Gasteiger partial charge on any atom is 0.128 e. The first-order valence-corrected chi connectivity index (χ1v) is 7.65. The van der Waals surface area contributed by atoms with Gasteiger partial charge in [-0.05, 0) is 25.0 Å². The lowest BCUT2D eigenvalue weighted by Gasteiger charge is -2.38. The smallest absolute Gasteiger partial charge is 0.128 e. The average molecular weight is 293 g/mol. The zero-order valence-corrected chi connectivity index (χ0v) is 13.4. The Morgan fingerprint density at radius 2 is 1.76 bits per heavy atom. The molecule has 0 bridgehead atoms. The van der Waals surface area contributed by atoms with E-state index in [1.54, 1.807) is 21.3 Å². The van der Waals surface area contributed by atoms with Crippen molar-refractivity contribution in [2.75, 3.05) is 27.9 Å². The highest BCUT2D eigenvalue weighted by Crippen LogP contribution is 2.45. The molecule has 0 aromatic heterocycles. The zero-order chi connectivity index (χ0) is 15.3. The Morgan fingerprint density at radius 1 is 1.05 bits per heavy atom. The van der Waals surface area contributed by atoms with E-state index >= 15 is 0 Å². The van der Waals surface area contributed by atoms with Gasteiger partial charge < -0.3 is 19.9 Å². The lowest BCUT2D eigenvalue weighted by molar-refractivity contribution is 0.180. The second kappa shape index (κ2) is 7.14. The van der Waals surface area contributed by atoms with Crippen LogP contribution in [0.15, 0.2) is 12.1 Å². The van der Waals surface area contributed by atoms with Crippen LogP contribution in [-0.4, -0.2) is 27.9 Å². The molecule has 0 heterocycles. The molecule has 0 atom stereocenters. The molecule has 1 aliphatic rings. The van der Waals surface area contributed by atoms with Crippen molar-refractivity contribution in [3.8, 4) is 11.5 Å². The van der Waals surface area contributed by atoms with E-state index in [0.717, 1.165) is 29.9 Å². The van der Waals surface area contributed by atoms with E-state index in [1.165, 1.54) is 24.8 Å². The Balaban J connectivity index is 2.55. The summed E-state index contributed by atoms with van der Waals surface area (Å²) in [6.45, 7) is 1.15. The standard InChI is InChI=1S/C17H27NO3/c1-19-11-13-9-14(20-2)10-15(16(13)21-3)17(12-18)7-5-4-6-8-17/h9-10H,4-8,11-12,18H2,1-3H3. The van der Waals surface area contributed by atoms with Gasteiger partial charge in [-0.2, -0.15) is 0 Å². The minimum Gasteiger partial charge on any atom is -0.497 e. The second-order valence-corrected chi connectivity index (χ2v) is 5.85. The molecule has 4 heteroatoms. The molecular weight excluding hydrogens is 266 g/mol. The van der Waals surface area contributed by atoms with Crippen LogP contribution in [0.1, 0.15) is 43.2 Å². The Kier molecular flexibility index (Phi) is 5.48. The van der Waals surface area contributed by atoms with Crippen LogP contribution in [0, 0.1) is 0 Å². The van der Waals surface area contributed by atoms with Gasteiger partial charge in [0.05, 0.1) is 20.8 Å². The van der Waals surface area contributed by atoms with Crippen molar-refractivity contribution >= 4 is 0 Å². The van der Waals surface area contributed by atoms with Crippen molar-refractivity contribution in [3.63, 3.8) is 0 Å². The number of rotatable bonds is 6. The summed E-state index contributed by atoms with van der Waals surface area (Å²) in [7, 11) is 5.10. The average Bonchev–Trinajstić information content (AvgIpc) is 2.55. The molecule has 0 aliphatic heterocycles. The lowest BCUT2D eigenvalue weighted by atomic mass is 9.68. The first-order chi connectivity index (χ1) is 10.2. The highest BCUT2D eigenvalue weighted by Gasteiger charge is 2.36. The predicted octanol–water partition coefficient (Wildman–Crippen LogP) is 3.01. The summed E-state index contributed by atoms with van der Waals surface area (Å²) in [5.74, 6) is 1.75. The third kappa shape index (κ3) is 3.16. The van der Waals surface area contributed by atoms with E-state index in [1.807, 2.05) is 6.07 Å². The summed E-state index contributed by atoms with van der Waals surface area (Å²) in [5, 5.41) is 0. The van der Waals surface area contributed by atoms with E-state index in [0.29, 0.717) is 13.2 Å². The SMILES string of the molecule is COCc1cc(OC)cc(C2(CN)CCCCC2)c1OC. The molecule has 21 heavy (non-hydrogen) atoms. The Labute approximate surface area is 127 Å². The molecule has 0 amide bonds. The zero-order valence-electron chi connectivity index (χ0n) is 13.4. The molecule has 2 N–H and O–H groups in total. The largest absolute Gasteiger partial charge is 0.497 e. The quantitative estimate of drug-likeness (QED) is 0.876. The molecule has 0 radical (unpaired) electrons. The third-order valence-electron chi connectivity index (χ3n) is 4.65. The second-order valence-electron chi connectivity index (χ2n) is 5.85. The summed E-state index contributed by atoms with van der Waals surface area (Å²) in [6.07, 6.45) is 5.95. The fourth-order valence-corrected chi connectivity index (χ4v) is 3.49. The van der Waals surface area contributed by atoms with Crippen molar-refractivity contribution in [2.24, 2.45) is 5.73 Å². The molecule has 118 valence electrons. The number of hydrogen-bond donors (Lipinski definition) is 1. The van der Waals surface area contributed by atoms with E-state index in [-0.39, 0.29) is 5.41 Å². The third-order valence-corrected chi connectivity index (χ3v) is 4.65. The molecule has 0 unspecified atom stereocenters. The summed E-state index contributed by atoms with van der Waals surface area (Å²) in [4.78, 5) is 0. The molecule has 0 spiro atoms. The van der Waals surface area contributed by atoms with Crippen molar-refractivity contribution in [1.29, 1.82) is 0 Å². The van der Waals surface area contributed by atoms with E-state index in [2.05, 4.69) is 6.07 Å². The van der Waals surface area contributed by atoms with Crippen molar-refractivity contribution < 1.29 is 14.2 Å². The fourth-order valence-electron chi connectivity index (χ4n) is 3.49. The van der Waals surface area contributed by atoms with Crippen molar-refractivity contribution in [1.82, 2.24) is 0 Å². The first kappa shape index (κ1) is 16.1. The van der Waals surface area contributed by atoms with Gasteiger partial charge in [-0.15, -0.1) is 0 Å². The van der Waals surface area contributed by atoms with Gasteiger partial charge in [0, 0.05) is 30.2 Å². The van der Waals surface area contributed by atoms with E-state index < -0.39 is 0 Å².